The third-order valence-corrected chi connectivity index (χ3v) is 3.63. The monoisotopic (exact) mass is 251 g/mol. The molecule has 0 aliphatic rings. The zero-order valence-corrected chi connectivity index (χ0v) is 12.9. The number of nitrogens with zero attached hydrogens (tertiary/aromatic N) is 2. The van der Waals surface area contributed by atoms with Gasteiger partial charge < -0.3 is 5.32 Å². The molecule has 1 aromatic heterocycles. The molecule has 0 aromatic carbocycles. The summed E-state index contributed by atoms with van der Waals surface area (Å²) in [4.78, 5) is 0. The number of nitrogens with one attached hydrogen (secondary N) is 1. The van der Waals surface area contributed by atoms with Crippen LogP contribution in [0, 0.1) is 26.7 Å². The lowest BCUT2D eigenvalue weighted by Gasteiger charge is -2.15. The molecule has 0 radical (unpaired) electrons. The molecule has 1 rings (SSSR count). The second-order valence-electron chi connectivity index (χ2n) is 5.83. The summed E-state index contributed by atoms with van der Waals surface area (Å²) in [6.07, 6.45) is 2.40. The average Bonchev–Trinajstić information content (AvgIpc) is 2.56. The topological polar surface area (TPSA) is 29.9 Å². The molecule has 1 N–H and O–H groups in total. The van der Waals surface area contributed by atoms with E-state index < -0.39 is 0 Å². The predicted molar refractivity (Wildman–Crippen MR) is 78.1 cm³/mol. The number of hydrogen-bond donors (Lipinski definition) is 1. The summed E-state index contributed by atoms with van der Waals surface area (Å²) in [5, 5.41) is 8.13. The predicted octanol–water partition coefficient (Wildman–Crippen LogP) is 3.40. The first-order valence-corrected chi connectivity index (χ1v) is 7.16. The van der Waals surface area contributed by atoms with Gasteiger partial charge in [-0.2, -0.15) is 5.10 Å². The molecule has 18 heavy (non-hydrogen) atoms. The van der Waals surface area contributed by atoms with E-state index in [0.717, 1.165) is 24.7 Å². The molecule has 104 valence electrons. The van der Waals surface area contributed by atoms with Crippen molar-refractivity contribution in [2.24, 2.45) is 5.92 Å². The maximum atomic E-state index is 4.63. The van der Waals surface area contributed by atoms with E-state index in [0.29, 0.717) is 6.04 Å². The van der Waals surface area contributed by atoms with Crippen LogP contribution in [0.15, 0.2) is 0 Å². The Hall–Kier alpha value is -0.830. The van der Waals surface area contributed by atoms with E-state index in [1.54, 1.807) is 0 Å². The minimum absolute atomic E-state index is 0.498. The molecule has 3 heteroatoms. The fraction of sp³-hybridized carbons (Fsp3) is 0.800. The van der Waals surface area contributed by atoms with Crippen molar-refractivity contribution in [2.45, 2.75) is 60.4 Å². The summed E-state index contributed by atoms with van der Waals surface area (Å²) < 4.78 is 2.19. The Balaban J connectivity index is 2.36. The molecule has 0 bridgehead atoms. The minimum atomic E-state index is 0.498. The van der Waals surface area contributed by atoms with Gasteiger partial charge in [-0.15, -0.1) is 0 Å². The highest BCUT2D eigenvalue weighted by Gasteiger charge is 2.12. The molecular formula is C15H29N3. The molecule has 0 saturated heterocycles. The van der Waals surface area contributed by atoms with Gasteiger partial charge in [0, 0.05) is 11.7 Å². The van der Waals surface area contributed by atoms with Crippen LogP contribution in [-0.4, -0.2) is 22.9 Å². The average molecular weight is 251 g/mol. The SMILES string of the molecule is Cc1nn(C(C)CCCNCC(C)C)c(C)c1C. The summed E-state index contributed by atoms with van der Waals surface area (Å²) in [7, 11) is 0. The smallest absolute Gasteiger partial charge is 0.0625 e. The van der Waals surface area contributed by atoms with Crippen LogP contribution >= 0.6 is 0 Å². The largest absolute Gasteiger partial charge is 0.316 e. The maximum Gasteiger partial charge on any atom is 0.0625 e. The summed E-state index contributed by atoms with van der Waals surface area (Å²) in [5.74, 6) is 0.737. The van der Waals surface area contributed by atoms with Crippen LogP contribution in [0.1, 0.15) is 56.6 Å². The van der Waals surface area contributed by atoms with Crippen LogP contribution in [0.5, 0.6) is 0 Å². The van der Waals surface area contributed by atoms with Crippen molar-refractivity contribution in [3.63, 3.8) is 0 Å². The van der Waals surface area contributed by atoms with E-state index in [9.17, 15) is 0 Å². The van der Waals surface area contributed by atoms with Gasteiger partial charge in [-0.25, -0.2) is 0 Å². The fourth-order valence-corrected chi connectivity index (χ4v) is 2.21. The second kappa shape index (κ2) is 6.93. The Morgan fingerprint density at radius 3 is 2.33 bits per heavy atom. The zero-order valence-electron chi connectivity index (χ0n) is 12.9. The Kier molecular flexibility index (Phi) is 5.86. The molecule has 0 saturated carbocycles. The highest BCUT2D eigenvalue weighted by molar-refractivity contribution is 5.22. The first-order chi connectivity index (χ1) is 8.43. The number of rotatable bonds is 7. The van der Waals surface area contributed by atoms with Crippen molar-refractivity contribution in [3.05, 3.63) is 17.0 Å². The lowest BCUT2D eigenvalue weighted by atomic mass is 10.1. The van der Waals surface area contributed by atoms with E-state index in [-0.39, 0.29) is 0 Å². The number of aryl methyl sites for hydroxylation is 1. The zero-order chi connectivity index (χ0) is 13.7. The summed E-state index contributed by atoms with van der Waals surface area (Å²) in [6, 6.07) is 0.498. The molecule has 1 unspecified atom stereocenters. The molecule has 1 heterocycles. The molecule has 0 aliphatic heterocycles. The van der Waals surface area contributed by atoms with E-state index in [2.05, 4.69) is 56.6 Å². The molecule has 0 spiro atoms. The van der Waals surface area contributed by atoms with E-state index >= 15 is 0 Å². The van der Waals surface area contributed by atoms with E-state index in [1.807, 2.05) is 0 Å². The second-order valence-corrected chi connectivity index (χ2v) is 5.83. The Morgan fingerprint density at radius 2 is 1.83 bits per heavy atom. The van der Waals surface area contributed by atoms with Crippen LogP contribution in [0.25, 0.3) is 0 Å². The van der Waals surface area contributed by atoms with Gasteiger partial charge in [0.1, 0.15) is 0 Å². The van der Waals surface area contributed by atoms with Crippen LogP contribution in [0.4, 0.5) is 0 Å². The lowest BCUT2D eigenvalue weighted by molar-refractivity contribution is 0.424. The summed E-state index contributed by atoms with van der Waals surface area (Å²) in [6.45, 7) is 15.4. The van der Waals surface area contributed by atoms with Gasteiger partial charge in [-0.3, -0.25) is 4.68 Å². The van der Waals surface area contributed by atoms with Crippen molar-refractivity contribution >= 4 is 0 Å². The van der Waals surface area contributed by atoms with Crippen molar-refractivity contribution < 1.29 is 0 Å². The molecule has 1 atom stereocenters. The first-order valence-electron chi connectivity index (χ1n) is 7.16. The van der Waals surface area contributed by atoms with Gasteiger partial charge in [0.05, 0.1) is 5.69 Å². The van der Waals surface area contributed by atoms with E-state index in [4.69, 9.17) is 0 Å². The standard InChI is InChI=1S/C15H29N3/c1-11(2)10-16-9-7-8-12(3)18-15(6)13(4)14(5)17-18/h11-12,16H,7-10H2,1-6H3. The summed E-state index contributed by atoms with van der Waals surface area (Å²) in [5.41, 5.74) is 3.81. The van der Waals surface area contributed by atoms with Gasteiger partial charge in [0.2, 0.25) is 0 Å². The third kappa shape index (κ3) is 4.13. The fourth-order valence-electron chi connectivity index (χ4n) is 2.21. The molecule has 0 fully saturated rings. The number of aromatic nitrogens is 2. The van der Waals surface area contributed by atoms with E-state index in [1.165, 1.54) is 24.1 Å². The Bertz CT molecular complexity index is 366. The van der Waals surface area contributed by atoms with Crippen molar-refractivity contribution in [2.75, 3.05) is 13.1 Å². The molecule has 1 aromatic rings. The van der Waals surface area contributed by atoms with Crippen LogP contribution < -0.4 is 5.32 Å². The first kappa shape index (κ1) is 15.2. The van der Waals surface area contributed by atoms with Crippen LogP contribution in [-0.2, 0) is 0 Å². The molecule has 0 aliphatic carbocycles. The maximum absolute atomic E-state index is 4.63. The third-order valence-electron chi connectivity index (χ3n) is 3.63. The van der Waals surface area contributed by atoms with Gasteiger partial charge in [-0.1, -0.05) is 13.8 Å². The Labute approximate surface area is 112 Å². The highest BCUT2D eigenvalue weighted by Crippen LogP contribution is 2.19. The number of hydrogen-bond acceptors (Lipinski definition) is 2. The van der Waals surface area contributed by atoms with Gasteiger partial charge in [0.25, 0.3) is 0 Å². The van der Waals surface area contributed by atoms with Crippen molar-refractivity contribution in [1.29, 1.82) is 0 Å². The molecule has 3 nitrogen and oxygen atoms in total. The van der Waals surface area contributed by atoms with Gasteiger partial charge in [0.15, 0.2) is 0 Å². The lowest BCUT2D eigenvalue weighted by Crippen LogP contribution is -2.21. The van der Waals surface area contributed by atoms with Crippen molar-refractivity contribution in [1.82, 2.24) is 15.1 Å². The van der Waals surface area contributed by atoms with Crippen molar-refractivity contribution in [3.8, 4) is 0 Å². The van der Waals surface area contributed by atoms with Gasteiger partial charge in [-0.05, 0) is 65.1 Å². The van der Waals surface area contributed by atoms with Gasteiger partial charge >= 0.3 is 0 Å². The molecule has 0 amide bonds. The van der Waals surface area contributed by atoms with Crippen LogP contribution in [0.3, 0.4) is 0 Å². The molecular weight excluding hydrogens is 222 g/mol. The summed E-state index contributed by atoms with van der Waals surface area (Å²) >= 11 is 0. The minimum Gasteiger partial charge on any atom is -0.316 e. The Morgan fingerprint density at radius 1 is 1.17 bits per heavy atom. The van der Waals surface area contributed by atoms with Crippen LogP contribution in [0.2, 0.25) is 0 Å². The highest BCUT2D eigenvalue weighted by atomic mass is 15.3. The quantitative estimate of drug-likeness (QED) is 0.753. The normalized spacial score (nSPS) is 13.3.